The van der Waals surface area contributed by atoms with Crippen molar-refractivity contribution in [2.45, 2.75) is 25.5 Å². The molecule has 17 heavy (non-hydrogen) atoms. The summed E-state index contributed by atoms with van der Waals surface area (Å²) < 4.78 is 10.5. The van der Waals surface area contributed by atoms with E-state index in [0.717, 1.165) is 17.7 Å². The molecule has 1 aliphatic rings. The second kappa shape index (κ2) is 5.19. The molecular formula is C13H17NO3. The van der Waals surface area contributed by atoms with Crippen molar-refractivity contribution in [1.82, 2.24) is 5.32 Å². The molecule has 1 aliphatic heterocycles. The highest BCUT2D eigenvalue weighted by atomic mass is 16.5. The van der Waals surface area contributed by atoms with Gasteiger partial charge in [0.15, 0.2) is 0 Å². The van der Waals surface area contributed by atoms with Gasteiger partial charge in [-0.2, -0.15) is 0 Å². The lowest BCUT2D eigenvalue weighted by atomic mass is 10.0. The number of methoxy groups -OCH3 is 1. The average molecular weight is 235 g/mol. The summed E-state index contributed by atoms with van der Waals surface area (Å²) in [7, 11) is 1.53. The average Bonchev–Trinajstić information content (AvgIpc) is 2.38. The fraction of sp³-hybridized carbons (Fsp3) is 0.462. The predicted molar refractivity (Wildman–Crippen MR) is 63.9 cm³/mol. The van der Waals surface area contributed by atoms with E-state index >= 15 is 0 Å². The van der Waals surface area contributed by atoms with Crippen LogP contribution in [-0.2, 0) is 9.53 Å². The van der Waals surface area contributed by atoms with Crippen LogP contribution in [0.2, 0.25) is 0 Å². The molecule has 92 valence electrons. The number of rotatable bonds is 3. The van der Waals surface area contributed by atoms with Gasteiger partial charge in [0.05, 0.1) is 12.6 Å². The van der Waals surface area contributed by atoms with Crippen molar-refractivity contribution in [2.24, 2.45) is 0 Å². The number of ether oxygens (including phenoxy) is 2. The third-order valence-electron chi connectivity index (χ3n) is 3.00. The molecule has 2 rings (SSSR count). The van der Waals surface area contributed by atoms with E-state index in [4.69, 9.17) is 9.47 Å². The molecule has 4 heteroatoms. The van der Waals surface area contributed by atoms with Crippen molar-refractivity contribution in [2.75, 3.05) is 13.7 Å². The topological polar surface area (TPSA) is 47.6 Å². The lowest BCUT2D eigenvalue weighted by Gasteiger charge is -2.27. The maximum atomic E-state index is 11.8. The normalized spacial score (nSPS) is 20.0. The van der Waals surface area contributed by atoms with Gasteiger partial charge in [0, 0.05) is 19.1 Å². The lowest BCUT2D eigenvalue weighted by Crippen LogP contribution is -2.38. The van der Waals surface area contributed by atoms with Crippen LogP contribution in [0.1, 0.15) is 24.9 Å². The highest BCUT2D eigenvalue weighted by Crippen LogP contribution is 2.31. The van der Waals surface area contributed by atoms with Gasteiger partial charge in [-0.1, -0.05) is 18.2 Å². The highest BCUT2D eigenvalue weighted by Gasteiger charge is 2.24. The molecular weight excluding hydrogens is 218 g/mol. The van der Waals surface area contributed by atoms with Gasteiger partial charge < -0.3 is 14.8 Å². The maximum absolute atomic E-state index is 11.8. The van der Waals surface area contributed by atoms with Crippen LogP contribution >= 0.6 is 0 Å². The summed E-state index contributed by atoms with van der Waals surface area (Å²) >= 11 is 0. The molecule has 1 N–H and O–H groups in total. The Hall–Kier alpha value is -1.55. The summed E-state index contributed by atoms with van der Waals surface area (Å²) in [6.45, 7) is 2.36. The number of hydrogen-bond donors (Lipinski definition) is 1. The number of para-hydroxylation sites is 1. The Labute approximate surface area is 101 Å². The number of carbonyl (C=O) groups is 1. The number of hydrogen-bond acceptors (Lipinski definition) is 3. The molecule has 0 spiro atoms. The van der Waals surface area contributed by atoms with Crippen LogP contribution in [0.3, 0.4) is 0 Å². The molecule has 0 bridgehead atoms. The zero-order chi connectivity index (χ0) is 12.3. The molecule has 0 radical (unpaired) electrons. The summed E-state index contributed by atoms with van der Waals surface area (Å²) in [6, 6.07) is 7.81. The molecule has 2 atom stereocenters. The largest absolute Gasteiger partial charge is 0.493 e. The van der Waals surface area contributed by atoms with Crippen molar-refractivity contribution >= 4 is 5.91 Å². The van der Waals surface area contributed by atoms with Crippen LogP contribution in [-0.4, -0.2) is 25.7 Å². The fourth-order valence-electron chi connectivity index (χ4n) is 1.89. The van der Waals surface area contributed by atoms with Crippen LogP contribution in [0.5, 0.6) is 5.75 Å². The SMILES string of the molecule is COC(C)C(=O)NC1CCOc2ccccc21. The first-order valence-corrected chi connectivity index (χ1v) is 5.77. The second-order valence-electron chi connectivity index (χ2n) is 4.11. The van der Waals surface area contributed by atoms with E-state index in [9.17, 15) is 4.79 Å². The Balaban J connectivity index is 2.11. The highest BCUT2D eigenvalue weighted by molar-refractivity contribution is 5.80. The van der Waals surface area contributed by atoms with Crippen LogP contribution in [0.4, 0.5) is 0 Å². The molecule has 1 aromatic rings. The first kappa shape index (κ1) is 11.9. The summed E-state index contributed by atoms with van der Waals surface area (Å²) in [5.41, 5.74) is 1.04. The summed E-state index contributed by atoms with van der Waals surface area (Å²) in [5, 5.41) is 2.98. The van der Waals surface area contributed by atoms with E-state index in [0.29, 0.717) is 6.61 Å². The van der Waals surface area contributed by atoms with Gasteiger partial charge in [0.25, 0.3) is 0 Å². The van der Waals surface area contributed by atoms with E-state index in [-0.39, 0.29) is 11.9 Å². The second-order valence-corrected chi connectivity index (χ2v) is 4.11. The third kappa shape index (κ3) is 2.58. The van der Waals surface area contributed by atoms with Crippen molar-refractivity contribution in [3.8, 4) is 5.75 Å². The molecule has 2 unspecified atom stereocenters. The maximum Gasteiger partial charge on any atom is 0.249 e. The van der Waals surface area contributed by atoms with E-state index in [1.165, 1.54) is 7.11 Å². The van der Waals surface area contributed by atoms with Gasteiger partial charge in [0.1, 0.15) is 11.9 Å². The van der Waals surface area contributed by atoms with E-state index in [1.807, 2.05) is 24.3 Å². The van der Waals surface area contributed by atoms with Crippen molar-refractivity contribution in [3.63, 3.8) is 0 Å². The number of amides is 1. The van der Waals surface area contributed by atoms with Gasteiger partial charge in [-0.15, -0.1) is 0 Å². The molecule has 0 aliphatic carbocycles. The van der Waals surface area contributed by atoms with Crippen molar-refractivity contribution in [3.05, 3.63) is 29.8 Å². The molecule has 0 saturated carbocycles. The Kier molecular flexibility index (Phi) is 3.64. The monoisotopic (exact) mass is 235 g/mol. The minimum Gasteiger partial charge on any atom is -0.493 e. The number of nitrogens with one attached hydrogen (secondary N) is 1. The standard InChI is InChI=1S/C13H17NO3/c1-9(16-2)13(15)14-11-7-8-17-12-6-4-3-5-10(11)12/h3-6,9,11H,7-8H2,1-2H3,(H,14,15). The van der Waals surface area contributed by atoms with Crippen LogP contribution in [0.15, 0.2) is 24.3 Å². The first-order chi connectivity index (χ1) is 8.22. The minimum absolute atomic E-state index is 0.0186. The van der Waals surface area contributed by atoms with Crippen molar-refractivity contribution < 1.29 is 14.3 Å². The Morgan fingerprint density at radius 3 is 3.06 bits per heavy atom. The number of fused-ring (bicyclic) bond motifs is 1. The predicted octanol–water partition coefficient (Wildman–Crippen LogP) is 1.66. The van der Waals surface area contributed by atoms with Gasteiger partial charge in [-0.3, -0.25) is 4.79 Å². The van der Waals surface area contributed by atoms with Gasteiger partial charge in [0.2, 0.25) is 5.91 Å². The number of carbonyl (C=O) groups excluding carboxylic acids is 1. The Bertz CT molecular complexity index is 405. The smallest absolute Gasteiger partial charge is 0.249 e. The summed E-state index contributed by atoms with van der Waals surface area (Å²) in [6.07, 6.45) is 0.365. The van der Waals surface area contributed by atoms with Crippen molar-refractivity contribution in [1.29, 1.82) is 0 Å². The molecule has 4 nitrogen and oxygen atoms in total. The quantitative estimate of drug-likeness (QED) is 0.866. The van der Waals surface area contributed by atoms with Crippen LogP contribution in [0, 0.1) is 0 Å². The van der Waals surface area contributed by atoms with E-state index < -0.39 is 6.10 Å². The van der Waals surface area contributed by atoms with Crippen LogP contribution in [0.25, 0.3) is 0 Å². The molecule has 0 aromatic heterocycles. The van der Waals surface area contributed by atoms with Gasteiger partial charge in [-0.25, -0.2) is 0 Å². The Morgan fingerprint density at radius 2 is 2.29 bits per heavy atom. The zero-order valence-corrected chi connectivity index (χ0v) is 10.1. The van der Waals surface area contributed by atoms with E-state index in [1.54, 1.807) is 6.92 Å². The third-order valence-corrected chi connectivity index (χ3v) is 3.00. The lowest BCUT2D eigenvalue weighted by molar-refractivity contribution is -0.131. The first-order valence-electron chi connectivity index (χ1n) is 5.77. The van der Waals surface area contributed by atoms with Gasteiger partial charge in [-0.05, 0) is 13.0 Å². The van der Waals surface area contributed by atoms with E-state index in [2.05, 4.69) is 5.32 Å². The molecule has 1 amide bonds. The zero-order valence-electron chi connectivity index (χ0n) is 10.1. The fourth-order valence-corrected chi connectivity index (χ4v) is 1.89. The van der Waals surface area contributed by atoms with Gasteiger partial charge >= 0.3 is 0 Å². The molecule has 1 heterocycles. The molecule has 0 saturated heterocycles. The number of benzene rings is 1. The minimum atomic E-state index is -0.426. The molecule has 1 aromatic carbocycles. The Morgan fingerprint density at radius 1 is 1.53 bits per heavy atom. The van der Waals surface area contributed by atoms with Crippen LogP contribution < -0.4 is 10.1 Å². The summed E-state index contributed by atoms with van der Waals surface area (Å²) in [5.74, 6) is 0.767. The summed E-state index contributed by atoms with van der Waals surface area (Å²) in [4.78, 5) is 11.8. The molecule has 0 fully saturated rings.